The molecule has 2 atom stereocenters. The van der Waals surface area contributed by atoms with Crippen molar-refractivity contribution in [3.05, 3.63) is 17.0 Å². The van der Waals surface area contributed by atoms with Crippen LogP contribution in [0.3, 0.4) is 0 Å². The van der Waals surface area contributed by atoms with Crippen molar-refractivity contribution in [1.29, 1.82) is 0 Å². The zero-order valence-electron chi connectivity index (χ0n) is 16.8. The van der Waals surface area contributed by atoms with E-state index in [1.807, 2.05) is 20.9 Å². The van der Waals surface area contributed by atoms with Gasteiger partial charge in [0.1, 0.15) is 6.42 Å². The van der Waals surface area contributed by atoms with Crippen LogP contribution >= 0.6 is 0 Å². The number of carbonyl (C=O) groups excluding carboxylic acids is 3. The molecule has 1 fully saturated rings. The van der Waals surface area contributed by atoms with Gasteiger partial charge in [0.25, 0.3) is 0 Å². The lowest BCUT2D eigenvalue weighted by molar-refractivity contribution is -0.150. The molecule has 1 aliphatic rings. The number of ether oxygens (including phenoxy) is 2. The average Bonchev–Trinajstić information content (AvgIpc) is 3.32. The first kappa shape index (κ1) is 20.9. The van der Waals surface area contributed by atoms with E-state index in [9.17, 15) is 14.4 Å². The molecule has 0 aromatic carbocycles. The number of rotatable bonds is 9. The number of nitrogens with zero attached hydrogens (tertiary/aromatic N) is 3. The fourth-order valence-corrected chi connectivity index (χ4v) is 3.21. The molecule has 8 heteroatoms. The Hall–Kier alpha value is -2.38. The van der Waals surface area contributed by atoms with Crippen molar-refractivity contribution in [3.63, 3.8) is 0 Å². The normalized spacial score (nSPS) is 18.1. The minimum absolute atomic E-state index is 0.0625. The second kappa shape index (κ2) is 9.01. The molecular weight excluding hydrogens is 350 g/mol. The molecule has 8 nitrogen and oxygen atoms in total. The third kappa shape index (κ3) is 5.30. The molecular formula is C19H29N3O5. The van der Waals surface area contributed by atoms with Gasteiger partial charge in [-0.2, -0.15) is 5.10 Å². The first-order chi connectivity index (χ1) is 12.8. The molecule has 1 heterocycles. The smallest absolute Gasteiger partial charge is 0.315 e. The highest BCUT2D eigenvalue weighted by atomic mass is 16.5. The molecule has 150 valence electrons. The van der Waals surface area contributed by atoms with Gasteiger partial charge in [0.05, 0.1) is 24.8 Å². The Bertz CT molecular complexity index is 712. The lowest BCUT2D eigenvalue weighted by atomic mass is 10.1. The van der Waals surface area contributed by atoms with Gasteiger partial charge in [-0.25, -0.2) is 0 Å². The van der Waals surface area contributed by atoms with Crippen molar-refractivity contribution in [2.24, 2.45) is 18.9 Å². The Balaban J connectivity index is 2.10. The Labute approximate surface area is 159 Å². The number of hydrogen-bond acceptors (Lipinski definition) is 6. The summed E-state index contributed by atoms with van der Waals surface area (Å²) < 4.78 is 11.7. The second-order valence-corrected chi connectivity index (χ2v) is 6.88. The summed E-state index contributed by atoms with van der Waals surface area (Å²) in [4.78, 5) is 38.0. The van der Waals surface area contributed by atoms with Gasteiger partial charge < -0.3 is 14.4 Å². The van der Waals surface area contributed by atoms with Gasteiger partial charge in [-0.1, -0.05) is 0 Å². The molecule has 1 amide bonds. The zero-order chi connectivity index (χ0) is 20.1. The fraction of sp³-hybridized carbons (Fsp3) is 0.684. The van der Waals surface area contributed by atoms with Crippen LogP contribution in [0.5, 0.6) is 0 Å². The van der Waals surface area contributed by atoms with Crippen LogP contribution in [-0.2, 0) is 37.4 Å². The summed E-state index contributed by atoms with van der Waals surface area (Å²) in [6, 6.07) is 0. The van der Waals surface area contributed by atoms with E-state index in [0.717, 1.165) is 17.0 Å². The van der Waals surface area contributed by atoms with Crippen LogP contribution in [-0.4, -0.2) is 52.3 Å². The molecule has 0 aliphatic heterocycles. The van der Waals surface area contributed by atoms with E-state index < -0.39 is 5.97 Å². The topological polar surface area (TPSA) is 90.7 Å². The van der Waals surface area contributed by atoms with Crippen molar-refractivity contribution in [1.82, 2.24) is 14.7 Å². The Morgan fingerprint density at radius 3 is 2.41 bits per heavy atom. The van der Waals surface area contributed by atoms with E-state index in [1.54, 1.807) is 23.4 Å². The summed E-state index contributed by atoms with van der Waals surface area (Å²) in [5.41, 5.74) is 2.78. The first-order valence-corrected chi connectivity index (χ1v) is 9.37. The monoisotopic (exact) mass is 379 g/mol. The Morgan fingerprint density at radius 2 is 1.85 bits per heavy atom. The van der Waals surface area contributed by atoms with Crippen LogP contribution in [0.2, 0.25) is 0 Å². The first-order valence-electron chi connectivity index (χ1n) is 9.37. The number of carbonyl (C=O) groups is 3. The van der Waals surface area contributed by atoms with E-state index in [0.29, 0.717) is 26.1 Å². The van der Waals surface area contributed by atoms with Crippen molar-refractivity contribution in [3.8, 4) is 0 Å². The maximum Gasteiger partial charge on any atom is 0.315 e. The lowest BCUT2D eigenvalue weighted by Crippen LogP contribution is -2.35. The standard InChI is InChI=1S/C19H29N3O5/c1-6-26-18(24)9-17(23)22(10-14-8-15(14)19(25)27-7-2)11-16-12(3)20-21(5)13(16)4/h14-15H,6-11H2,1-5H3/t14-,15+/m1/s1. The quantitative estimate of drug-likeness (QED) is 0.477. The third-order valence-electron chi connectivity index (χ3n) is 4.93. The van der Waals surface area contributed by atoms with Gasteiger partial charge in [0.2, 0.25) is 5.91 Å². The molecule has 0 radical (unpaired) electrons. The van der Waals surface area contributed by atoms with Crippen molar-refractivity contribution in [2.75, 3.05) is 19.8 Å². The summed E-state index contributed by atoms with van der Waals surface area (Å²) in [6.45, 7) is 8.68. The molecule has 0 saturated heterocycles. The molecule has 0 N–H and O–H groups in total. The fourth-order valence-electron chi connectivity index (χ4n) is 3.21. The minimum atomic E-state index is -0.537. The molecule has 0 unspecified atom stereocenters. The molecule has 2 rings (SSSR count). The summed E-state index contributed by atoms with van der Waals surface area (Å²) in [7, 11) is 1.86. The minimum Gasteiger partial charge on any atom is -0.466 e. The van der Waals surface area contributed by atoms with Gasteiger partial charge in [0, 0.05) is 31.4 Å². The highest BCUT2D eigenvalue weighted by Gasteiger charge is 2.45. The molecule has 1 aromatic heterocycles. The highest BCUT2D eigenvalue weighted by molar-refractivity contribution is 5.94. The van der Waals surface area contributed by atoms with Gasteiger partial charge in [-0.3, -0.25) is 19.1 Å². The number of aryl methyl sites for hydroxylation is 2. The van der Waals surface area contributed by atoms with Crippen LogP contribution in [0.4, 0.5) is 0 Å². The lowest BCUT2D eigenvalue weighted by Gasteiger charge is -2.23. The van der Waals surface area contributed by atoms with Crippen molar-refractivity contribution >= 4 is 17.8 Å². The maximum absolute atomic E-state index is 12.7. The third-order valence-corrected chi connectivity index (χ3v) is 4.93. The second-order valence-electron chi connectivity index (χ2n) is 6.88. The number of aromatic nitrogens is 2. The van der Waals surface area contributed by atoms with E-state index in [2.05, 4.69) is 5.10 Å². The summed E-state index contributed by atoms with van der Waals surface area (Å²) >= 11 is 0. The van der Waals surface area contributed by atoms with E-state index in [1.165, 1.54) is 0 Å². The van der Waals surface area contributed by atoms with Crippen molar-refractivity contribution in [2.45, 2.75) is 47.1 Å². The van der Waals surface area contributed by atoms with Gasteiger partial charge in [-0.05, 0) is 40.0 Å². The Kier molecular flexibility index (Phi) is 6.98. The van der Waals surface area contributed by atoms with Gasteiger partial charge in [-0.15, -0.1) is 0 Å². The van der Waals surface area contributed by atoms with E-state index in [4.69, 9.17) is 9.47 Å². The average molecular weight is 379 g/mol. The predicted molar refractivity (Wildman–Crippen MR) is 97.6 cm³/mol. The molecule has 27 heavy (non-hydrogen) atoms. The molecule has 1 aromatic rings. The summed E-state index contributed by atoms with van der Waals surface area (Å²) in [5, 5.41) is 4.39. The van der Waals surface area contributed by atoms with Crippen LogP contribution in [0.25, 0.3) is 0 Å². The van der Waals surface area contributed by atoms with Gasteiger partial charge in [0.15, 0.2) is 0 Å². The number of hydrogen-bond donors (Lipinski definition) is 0. The number of esters is 2. The van der Waals surface area contributed by atoms with Crippen LogP contribution in [0.15, 0.2) is 0 Å². The molecule has 0 bridgehead atoms. The number of amides is 1. The molecule has 0 spiro atoms. The largest absolute Gasteiger partial charge is 0.466 e. The van der Waals surface area contributed by atoms with E-state index in [-0.39, 0.29) is 36.7 Å². The SMILES string of the molecule is CCOC(=O)CC(=O)N(Cc1c(C)nn(C)c1C)C[C@H]1C[C@@H]1C(=O)OCC. The summed E-state index contributed by atoms with van der Waals surface area (Å²) in [6.07, 6.45) is 0.399. The maximum atomic E-state index is 12.7. The van der Waals surface area contributed by atoms with E-state index >= 15 is 0 Å². The zero-order valence-corrected chi connectivity index (χ0v) is 16.8. The van der Waals surface area contributed by atoms with Gasteiger partial charge >= 0.3 is 11.9 Å². The van der Waals surface area contributed by atoms with Crippen LogP contribution < -0.4 is 0 Å². The Morgan fingerprint density at radius 1 is 1.19 bits per heavy atom. The van der Waals surface area contributed by atoms with Crippen LogP contribution in [0, 0.1) is 25.7 Å². The predicted octanol–water partition coefficient (Wildman–Crippen LogP) is 1.52. The molecule has 1 saturated carbocycles. The summed E-state index contributed by atoms with van der Waals surface area (Å²) in [5.74, 6) is -1.16. The highest BCUT2D eigenvalue weighted by Crippen LogP contribution is 2.40. The van der Waals surface area contributed by atoms with Crippen molar-refractivity contribution < 1.29 is 23.9 Å². The molecule has 1 aliphatic carbocycles. The van der Waals surface area contributed by atoms with Crippen LogP contribution in [0.1, 0.15) is 43.6 Å².